The molecule has 4 heteroatoms. The van der Waals surface area contributed by atoms with Crippen LogP contribution in [0, 0.1) is 12.8 Å². The highest BCUT2D eigenvalue weighted by molar-refractivity contribution is 6.01. The van der Waals surface area contributed by atoms with Crippen LogP contribution in [-0.2, 0) is 9.53 Å². The summed E-state index contributed by atoms with van der Waals surface area (Å²) in [5.41, 5.74) is 2.40. The Morgan fingerprint density at radius 1 is 1.25 bits per heavy atom. The van der Waals surface area contributed by atoms with Gasteiger partial charge in [-0.05, 0) is 31.2 Å². The van der Waals surface area contributed by atoms with E-state index in [1.165, 1.54) is 7.11 Å². The van der Waals surface area contributed by atoms with Crippen LogP contribution in [0.5, 0.6) is 0 Å². The predicted octanol–water partition coefficient (Wildman–Crippen LogP) is 2.93. The molecule has 2 aromatic rings. The predicted molar refractivity (Wildman–Crippen MR) is 76.6 cm³/mol. The van der Waals surface area contributed by atoms with Crippen molar-refractivity contribution in [2.45, 2.75) is 20.3 Å². The van der Waals surface area contributed by atoms with E-state index in [0.29, 0.717) is 5.56 Å². The number of esters is 1. The quantitative estimate of drug-likeness (QED) is 0.633. The molecule has 4 nitrogen and oxygen atoms in total. The largest absolute Gasteiger partial charge is 0.469 e. The summed E-state index contributed by atoms with van der Waals surface area (Å²) in [6.07, 6.45) is 0.0967. The molecule has 1 aromatic carbocycles. The Labute approximate surface area is 117 Å². The van der Waals surface area contributed by atoms with Crippen LogP contribution in [0.3, 0.4) is 0 Å². The minimum Gasteiger partial charge on any atom is -0.469 e. The highest BCUT2D eigenvalue weighted by Crippen LogP contribution is 2.18. The topological polar surface area (TPSA) is 56.3 Å². The summed E-state index contributed by atoms with van der Waals surface area (Å²) >= 11 is 0. The average Bonchev–Trinajstić information content (AvgIpc) is 2.45. The van der Waals surface area contributed by atoms with E-state index in [0.717, 1.165) is 16.6 Å². The lowest BCUT2D eigenvalue weighted by atomic mass is 9.95. The summed E-state index contributed by atoms with van der Waals surface area (Å²) < 4.78 is 4.59. The van der Waals surface area contributed by atoms with Crippen LogP contribution in [0.2, 0.25) is 0 Å². The number of ketones is 1. The van der Waals surface area contributed by atoms with Gasteiger partial charge < -0.3 is 4.74 Å². The molecular formula is C16H17NO3. The highest BCUT2D eigenvalue weighted by Gasteiger charge is 2.19. The summed E-state index contributed by atoms with van der Waals surface area (Å²) in [6.45, 7) is 3.66. The Bertz CT molecular complexity index is 664. The highest BCUT2D eigenvalue weighted by atomic mass is 16.5. The Morgan fingerprint density at radius 2 is 2.00 bits per heavy atom. The average molecular weight is 271 g/mol. The number of hydrogen-bond donors (Lipinski definition) is 0. The van der Waals surface area contributed by atoms with Crippen molar-refractivity contribution in [2.75, 3.05) is 7.11 Å². The van der Waals surface area contributed by atoms with Crippen LogP contribution in [0.15, 0.2) is 30.3 Å². The molecule has 1 aromatic heterocycles. The number of rotatable bonds is 4. The first-order valence-electron chi connectivity index (χ1n) is 6.49. The van der Waals surface area contributed by atoms with Gasteiger partial charge >= 0.3 is 5.97 Å². The zero-order valence-electron chi connectivity index (χ0n) is 11.8. The van der Waals surface area contributed by atoms with E-state index in [9.17, 15) is 9.59 Å². The molecule has 0 spiro atoms. The van der Waals surface area contributed by atoms with Crippen LogP contribution >= 0.6 is 0 Å². The number of carbonyl (C=O) groups excluding carboxylic acids is 2. The summed E-state index contributed by atoms with van der Waals surface area (Å²) in [5, 5.41) is 0.923. The summed E-state index contributed by atoms with van der Waals surface area (Å²) in [6, 6.07) is 9.26. The van der Waals surface area contributed by atoms with Gasteiger partial charge in [-0.3, -0.25) is 14.6 Å². The van der Waals surface area contributed by atoms with Gasteiger partial charge in [-0.2, -0.15) is 0 Å². The maximum Gasteiger partial charge on any atom is 0.306 e. The third-order valence-electron chi connectivity index (χ3n) is 3.26. The zero-order chi connectivity index (χ0) is 14.7. The summed E-state index contributed by atoms with van der Waals surface area (Å²) in [7, 11) is 1.32. The number of aromatic nitrogens is 1. The van der Waals surface area contributed by atoms with Gasteiger partial charge in [0.05, 0.1) is 19.0 Å². The van der Waals surface area contributed by atoms with Gasteiger partial charge in [-0.15, -0.1) is 0 Å². The minimum atomic E-state index is -0.390. The molecule has 0 fully saturated rings. The molecule has 1 atom stereocenters. The number of fused-ring (bicyclic) bond motifs is 1. The van der Waals surface area contributed by atoms with Gasteiger partial charge in [-0.25, -0.2) is 0 Å². The van der Waals surface area contributed by atoms with Gasteiger partial charge in [-0.1, -0.05) is 13.0 Å². The minimum absolute atomic E-state index is 0.0575. The Kier molecular flexibility index (Phi) is 4.13. The second-order valence-corrected chi connectivity index (χ2v) is 4.91. The second kappa shape index (κ2) is 5.82. The van der Waals surface area contributed by atoms with Crippen molar-refractivity contribution in [3.05, 3.63) is 41.6 Å². The Balaban J connectivity index is 2.26. The summed E-state index contributed by atoms with van der Waals surface area (Å²) in [5.74, 6) is -0.819. The van der Waals surface area contributed by atoms with Crippen molar-refractivity contribution < 1.29 is 14.3 Å². The first-order chi connectivity index (χ1) is 9.51. The first kappa shape index (κ1) is 14.2. The fourth-order valence-electron chi connectivity index (χ4n) is 2.09. The maximum atomic E-state index is 12.3. The molecule has 0 N–H and O–H groups in total. The number of ether oxygens (including phenoxy) is 1. The van der Waals surface area contributed by atoms with Crippen LogP contribution in [0.4, 0.5) is 0 Å². The molecule has 2 rings (SSSR count). The van der Waals surface area contributed by atoms with Crippen molar-refractivity contribution in [3.63, 3.8) is 0 Å². The molecule has 0 bridgehead atoms. The van der Waals surface area contributed by atoms with E-state index in [1.807, 2.05) is 31.2 Å². The van der Waals surface area contributed by atoms with Crippen molar-refractivity contribution in [1.29, 1.82) is 0 Å². The lowest BCUT2D eigenvalue weighted by Gasteiger charge is -2.09. The molecule has 0 aliphatic heterocycles. The van der Waals surface area contributed by atoms with E-state index in [1.54, 1.807) is 13.0 Å². The molecule has 0 aliphatic rings. The Morgan fingerprint density at radius 3 is 2.70 bits per heavy atom. The second-order valence-electron chi connectivity index (χ2n) is 4.91. The van der Waals surface area contributed by atoms with Gasteiger partial charge in [0, 0.05) is 22.6 Å². The molecule has 0 radical (unpaired) electrons. The van der Waals surface area contributed by atoms with Gasteiger partial charge in [0.1, 0.15) is 0 Å². The number of aryl methyl sites for hydroxylation is 1. The van der Waals surface area contributed by atoms with Crippen molar-refractivity contribution in [3.8, 4) is 0 Å². The first-order valence-corrected chi connectivity index (χ1v) is 6.49. The molecule has 1 heterocycles. The monoisotopic (exact) mass is 271 g/mol. The lowest BCUT2D eigenvalue weighted by molar-refractivity contribution is -0.141. The van der Waals surface area contributed by atoms with Crippen LogP contribution in [0.1, 0.15) is 29.4 Å². The maximum absolute atomic E-state index is 12.3. The van der Waals surface area contributed by atoms with Crippen LogP contribution in [0.25, 0.3) is 10.9 Å². The molecule has 0 amide bonds. The molecule has 0 saturated carbocycles. The molecule has 104 valence electrons. The number of benzene rings is 1. The number of Topliss-reactive ketones (excluding diaryl/α,β-unsaturated/α-hetero) is 1. The van der Waals surface area contributed by atoms with Crippen LogP contribution < -0.4 is 0 Å². The van der Waals surface area contributed by atoms with Crippen molar-refractivity contribution in [1.82, 2.24) is 4.98 Å². The number of pyridine rings is 1. The van der Waals surface area contributed by atoms with E-state index < -0.39 is 5.92 Å². The van der Waals surface area contributed by atoms with Crippen molar-refractivity contribution >= 4 is 22.7 Å². The standard InChI is InChI=1S/C16H17NO3/c1-10(8-15(18)20-3)16(19)13-6-7-14-12(9-13)5-4-11(2)17-14/h4-7,9-10H,8H2,1-3H3. The zero-order valence-corrected chi connectivity index (χ0v) is 11.8. The molecule has 1 unspecified atom stereocenters. The fourth-order valence-corrected chi connectivity index (χ4v) is 2.09. The smallest absolute Gasteiger partial charge is 0.306 e. The third kappa shape index (κ3) is 3.02. The van der Waals surface area contributed by atoms with Gasteiger partial charge in [0.15, 0.2) is 5.78 Å². The Hall–Kier alpha value is -2.23. The number of nitrogens with zero attached hydrogens (tertiary/aromatic N) is 1. The SMILES string of the molecule is COC(=O)CC(C)C(=O)c1ccc2nc(C)ccc2c1. The van der Waals surface area contributed by atoms with Gasteiger partial charge in [0.2, 0.25) is 0 Å². The van der Waals surface area contributed by atoms with E-state index in [-0.39, 0.29) is 18.2 Å². The lowest BCUT2D eigenvalue weighted by Crippen LogP contribution is -2.16. The molecular weight excluding hydrogens is 254 g/mol. The normalized spacial score (nSPS) is 12.2. The summed E-state index contributed by atoms with van der Waals surface area (Å²) in [4.78, 5) is 27.9. The fraction of sp³-hybridized carbons (Fsp3) is 0.312. The van der Waals surface area contributed by atoms with Gasteiger partial charge in [0.25, 0.3) is 0 Å². The molecule has 20 heavy (non-hydrogen) atoms. The van der Waals surface area contributed by atoms with Crippen molar-refractivity contribution in [2.24, 2.45) is 5.92 Å². The van der Waals surface area contributed by atoms with E-state index >= 15 is 0 Å². The molecule has 0 aliphatic carbocycles. The molecule has 0 saturated heterocycles. The number of carbonyl (C=O) groups is 2. The number of methoxy groups -OCH3 is 1. The van der Waals surface area contributed by atoms with Crippen LogP contribution in [-0.4, -0.2) is 23.8 Å². The van der Waals surface area contributed by atoms with E-state index in [2.05, 4.69) is 9.72 Å². The number of hydrogen-bond acceptors (Lipinski definition) is 4. The third-order valence-corrected chi connectivity index (χ3v) is 3.26. The van der Waals surface area contributed by atoms with E-state index in [4.69, 9.17) is 0 Å².